The third-order valence-electron chi connectivity index (χ3n) is 11.4. The molecule has 4 aliphatic rings. The van der Waals surface area contributed by atoms with Gasteiger partial charge in [-0.1, -0.05) is 32.0 Å². The molecule has 5 rings (SSSR count). The lowest BCUT2D eigenvalue weighted by Crippen LogP contribution is -2.55. The van der Waals surface area contributed by atoms with E-state index >= 15 is 0 Å². The summed E-state index contributed by atoms with van der Waals surface area (Å²) in [6, 6.07) is 8.21. The monoisotopic (exact) mass is 465 g/mol. The van der Waals surface area contributed by atoms with E-state index in [-0.39, 0.29) is 17.2 Å². The zero-order valence-electron chi connectivity index (χ0n) is 22.1. The van der Waals surface area contributed by atoms with Crippen molar-refractivity contribution in [1.82, 2.24) is 0 Å². The minimum Gasteiger partial charge on any atom is -0.381 e. The second-order valence-electron chi connectivity index (χ2n) is 12.5. The number of nitrogens with one attached hydrogen (secondary N) is 1. The molecule has 3 nitrogen and oxygen atoms in total. The number of rotatable bonds is 6. The quantitative estimate of drug-likeness (QED) is 0.469. The van der Waals surface area contributed by atoms with E-state index in [2.05, 4.69) is 39.1 Å². The van der Waals surface area contributed by atoms with E-state index < -0.39 is 0 Å². The van der Waals surface area contributed by atoms with Gasteiger partial charge in [-0.3, -0.25) is 4.79 Å². The summed E-state index contributed by atoms with van der Waals surface area (Å²) in [5.74, 6) is 4.53. The lowest BCUT2D eigenvalue weighted by Gasteiger charge is -2.62. The van der Waals surface area contributed by atoms with Crippen LogP contribution >= 0.6 is 0 Å². The zero-order valence-corrected chi connectivity index (χ0v) is 22.1. The van der Waals surface area contributed by atoms with Crippen LogP contribution in [-0.2, 0) is 9.53 Å². The van der Waals surface area contributed by atoms with Gasteiger partial charge in [0, 0.05) is 24.8 Å². The van der Waals surface area contributed by atoms with Crippen LogP contribution < -0.4 is 5.32 Å². The van der Waals surface area contributed by atoms with Crippen molar-refractivity contribution in [1.29, 1.82) is 0 Å². The Hall–Kier alpha value is -1.35. The number of hydrogen-bond acceptors (Lipinski definition) is 2. The number of ether oxygens (including phenoxy) is 1. The van der Waals surface area contributed by atoms with Gasteiger partial charge in [0.05, 0.1) is 0 Å². The summed E-state index contributed by atoms with van der Waals surface area (Å²) in [7, 11) is 0. The Morgan fingerprint density at radius 1 is 1.03 bits per heavy atom. The predicted octanol–water partition coefficient (Wildman–Crippen LogP) is 7.64. The molecule has 34 heavy (non-hydrogen) atoms. The molecule has 1 N–H and O–H groups in total. The van der Waals surface area contributed by atoms with Gasteiger partial charge >= 0.3 is 0 Å². The molecule has 0 aliphatic heterocycles. The highest BCUT2D eigenvalue weighted by molar-refractivity contribution is 5.94. The summed E-state index contributed by atoms with van der Waals surface area (Å²) in [5, 5.41) is 3.32. The Labute approximate surface area is 207 Å². The number of carbonyl (C=O) groups excluding carboxylic acids is 1. The molecule has 0 radical (unpaired) electrons. The molecule has 0 spiro atoms. The van der Waals surface area contributed by atoms with Crippen LogP contribution in [0.15, 0.2) is 24.3 Å². The summed E-state index contributed by atoms with van der Waals surface area (Å²) in [5.41, 5.74) is 2.86. The number of carbonyl (C=O) groups is 1. The number of para-hydroxylation sites is 1. The first-order valence-electron chi connectivity index (χ1n) is 14.4. The number of benzene rings is 1. The fourth-order valence-electron chi connectivity index (χ4n) is 9.65. The Morgan fingerprint density at radius 3 is 2.62 bits per heavy atom. The summed E-state index contributed by atoms with van der Waals surface area (Å²) in [6.45, 7) is 11.0. The average molecular weight is 466 g/mol. The lowest BCUT2D eigenvalue weighted by molar-refractivity contribution is -0.141. The molecule has 0 heterocycles. The maximum absolute atomic E-state index is 13.5. The highest BCUT2D eigenvalue weighted by Gasteiger charge is 2.61. The Morgan fingerprint density at radius 2 is 1.85 bits per heavy atom. The molecule has 1 amide bonds. The number of fused-ring (bicyclic) bond motifs is 5. The SMILES string of the molecule is CCOCC1CCC2(CC)C(CCC3C4CCC(C(=O)Nc5ccccc5C)C4(C)CCC32)C1. The Balaban J connectivity index is 1.32. The number of aryl methyl sites for hydroxylation is 1. The van der Waals surface area contributed by atoms with E-state index in [1.807, 2.05) is 18.2 Å². The van der Waals surface area contributed by atoms with Crippen LogP contribution in [0.3, 0.4) is 0 Å². The third kappa shape index (κ3) is 3.94. The van der Waals surface area contributed by atoms with Crippen molar-refractivity contribution in [3.8, 4) is 0 Å². The van der Waals surface area contributed by atoms with Crippen molar-refractivity contribution in [2.75, 3.05) is 18.5 Å². The molecular formula is C31H47NO2. The number of hydrogen-bond donors (Lipinski definition) is 1. The van der Waals surface area contributed by atoms with Gasteiger partial charge in [-0.05, 0) is 130 Å². The summed E-state index contributed by atoms with van der Waals surface area (Å²) in [6.07, 6.45) is 13.2. The first-order valence-corrected chi connectivity index (χ1v) is 14.4. The fourth-order valence-corrected chi connectivity index (χ4v) is 9.65. The second kappa shape index (κ2) is 9.60. The zero-order chi connectivity index (χ0) is 23.9. The van der Waals surface area contributed by atoms with Crippen molar-refractivity contribution in [2.24, 2.45) is 46.3 Å². The van der Waals surface area contributed by atoms with E-state index in [4.69, 9.17) is 4.74 Å². The van der Waals surface area contributed by atoms with E-state index in [9.17, 15) is 4.79 Å². The van der Waals surface area contributed by atoms with E-state index in [1.54, 1.807) is 0 Å². The lowest BCUT2D eigenvalue weighted by atomic mass is 9.43. The number of amides is 1. The molecule has 4 saturated carbocycles. The maximum Gasteiger partial charge on any atom is 0.228 e. The van der Waals surface area contributed by atoms with Crippen molar-refractivity contribution >= 4 is 11.6 Å². The van der Waals surface area contributed by atoms with Crippen molar-refractivity contribution < 1.29 is 9.53 Å². The predicted molar refractivity (Wildman–Crippen MR) is 140 cm³/mol. The van der Waals surface area contributed by atoms with Gasteiger partial charge in [0.2, 0.25) is 5.91 Å². The van der Waals surface area contributed by atoms with E-state index in [0.717, 1.165) is 60.5 Å². The molecule has 8 atom stereocenters. The van der Waals surface area contributed by atoms with Gasteiger partial charge in [0.15, 0.2) is 0 Å². The highest BCUT2D eigenvalue weighted by Crippen LogP contribution is 2.68. The van der Waals surface area contributed by atoms with Crippen LogP contribution in [0.2, 0.25) is 0 Å². The first-order chi connectivity index (χ1) is 16.4. The average Bonchev–Trinajstić information content (AvgIpc) is 3.21. The normalized spacial score (nSPS) is 41.3. The van der Waals surface area contributed by atoms with Crippen LogP contribution in [0.25, 0.3) is 0 Å². The van der Waals surface area contributed by atoms with Gasteiger partial charge in [-0.25, -0.2) is 0 Å². The minimum atomic E-state index is 0.162. The van der Waals surface area contributed by atoms with Crippen LogP contribution in [-0.4, -0.2) is 19.1 Å². The first kappa shape index (κ1) is 24.3. The Kier molecular flexibility index (Phi) is 6.88. The molecule has 188 valence electrons. The topological polar surface area (TPSA) is 38.3 Å². The third-order valence-corrected chi connectivity index (χ3v) is 11.4. The summed E-state index contributed by atoms with van der Waals surface area (Å²) < 4.78 is 5.84. The molecular weight excluding hydrogens is 418 g/mol. The van der Waals surface area contributed by atoms with E-state index in [0.29, 0.717) is 5.41 Å². The van der Waals surface area contributed by atoms with Crippen LogP contribution in [0.1, 0.15) is 90.5 Å². The molecule has 0 aromatic heterocycles. The van der Waals surface area contributed by atoms with Crippen LogP contribution in [0.5, 0.6) is 0 Å². The maximum atomic E-state index is 13.5. The molecule has 1 aromatic rings. The van der Waals surface area contributed by atoms with Gasteiger partial charge in [0.1, 0.15) is 0 Å². The van der Waals surface area contributed by atoms with E-state index in [1.165, 1.54) is 57.8 Å². The van der Waals surface area contributed by atoms with Gasteiger partial charge in [-0.2, -0.15) is 0 Å². The van der Waals surface area contributed by atoms with Gasteiger partial charge in [0.25, 0.3) is 0 Å². The molecule has 8 unspecified atom stereocenters. The standard InChI is InChI=1S/C31H47NO2/c1-5-31-18-15-22(20-34-6-2)19-23(31)11-12-24-25-13-14-27(30(25,4)17-16-26(24)31)29(33)32-28-10-8-7-9-21(28)3/h7-10,22-27H,5-6,11-20H2,1-4H3,(H,32,33). The fraction of sp³-hybridized carbons (Fsp3) is 0.774. The molecule has 1 aromatic carbocycles. The minimum absolute atomic E-state index is 0.162. The van der Waals surface area contributed by atoms with Crippen molar-refractivity contribution in [2.45, 2.75) is 91.9 Å². The second-order valence-corrected chi connectivity index (χ2v) is 12.5. The highest BCUT2D eigenvalue weighted by atomic mass is 16.5. The van der Waals surface area contributed by atoms with Crippen LogP contribution in [0, 0.1) is 53.3 Å². The van der Waals surface area contributed by atoms with Crippen molar-refractivity contribution in [3.05, 3.63) is 29.8 Å². The van der Waals surface area contributed by atoms with Crippen LogP contribution in [0.4, 0.5) is 5.69 Å². The van der Waals surface area contributed by atoms with Gasteiger partial charge < -0.3 is 10.1 Å². The molecule has 3 heteroatoms. The molecule has 0 bridgehead atoms. The summed E-state index contributed by atoms with van der Waals surface area (Å²) in [4.78, 5) is 13.5. The smallest absolute Gasteiger partial charge is 0.228 e. The van der Waals surface area contributed by atoms with Crippen molar-refractivity contribution in [3.63, 3.8) is 0 Å². The molecule has 4 aliphatic carbocycles. The van der Waals surface area contributed by atoms with Gasteiger partial charge in [-0.15, -0.1) is 0 Å². The summed E-state index contributed by atoms with van der Waals surface area (Å²) >= 11 is 0. The Bertz CT molecular complexity index is 882. The number of anilines is 1. The molecule has 4 fully saturated rings. The molecule has 0 saturated heterocycles. The largest absolute Gasteiger partial charge is 0.381 e.